The number of benzene rings is 2. The standard InChI is InChI=1S/C18H18Cl3NO2S/c1-12(24-17-5-3-2-4-15(17)20)18(23)22-8-9-25-11-13-6-7-14(19)10-16(13)21/h2-7,10,12H,8-9,11H2,1H3,(H,22,23)/t12-/m0/s1. The number of hydrogen-bond donors (Lipinski definition) is 1. The second-order valence-electron chi connectivity index (χ2n) is 5.27. The minimum absolute atomic E-state index is 0.176. The Morgan fingerprint density at radius 1 is 1.16 bits per heavy atom. The molecule has 134 valence electrons. The smallest absolute Gasteiger partial charge is 0.260 e. The maximum atomic E-state index is 12.1. The fourth-order valence-corrected chi connectivity index (χ4v) is 3.59. The van der Waals surface area contributed by atoms with Crippen molar-refractivity contribution in [3.63, 3.8) is 0 Å². The van der Waals surface area contributed by atoms with Gasteiger partial charge in [0.25, 0.3) is 5.91 Å². The molecule has 0 unspecified atom stereocenters. The minimum atomic E-state index is -0.615. The van der Waals surface area contributed by atoms with E-state index in [2.05, 4.69) is 5.32 Å². The predicted molar refractivity (Wildman–Crippen MR) is 107 cm³/mol. The van der Waals surface area contributed by atoms with Gasteiger partial charge in [-0.2, -0.15) is 11.8 Å². The Morgan fingerprint density at radius 2 is 1.92 bits per heavy atom. The average molecular weight is 419 g/mol. The lowest BCUT2D eigenvalue weighted by molar-refractivity contribution is -0.127. The van der Waals surface area contributed by atoms with Gasteiger partial charge in [0.2, 0.25) is 0 Å². The number of rotatable bonds is 8. The van der Waals surface area contributed by atoms with Crippen LogP contribution in [-0.2, 0) is 10.5 Å². The van der Waals surface area contributed by atoms with Crippen molar-refractivity contribution in [3.05, 3.63) is 63.1 Å². The van der Waals surface area contributed by atoms with Gasteiger partial charge < -0.3 is 10.1 Å². The van der Waals surface area contributed by atoms with Gasteiger partial charge in [0.15, 0.2) is 6.10 Å². The lowest BCUT2D eigenvalue weighted by Crippen LogP contribution is -2.37. The number of thioether (sulfide) groups is 1. The lowest BCUT2D eigenvalue weighted by atomic mass is 10.2. The van der Waals surface area contributed by atoms with Gasteiger partial charge in [-0.25, -0.2) is 0 Å². The van der Waals surface area contributed by atoms with E-state index < -0.39 is 6.10 Å². The zero-order valence-electron chi connectivity index (χ0n) is 13.6. The van der Waals surface area contributed by atoms with Crippen LogP contribution in [0.3, 0.4) is 0 Å². The topological polar surface area (TPSA) is 38.3 Å². The Hall–Kier alpha value is -1.07. The summed E-state index contributed by atoms with van der Waals surface area (Å²) in [6, 6.07) is 12.5. The van der Waals surface area contributed by atoms with Gasteiger partial charge in [0, 0.05) is 28.1 Å². The highest BCUT2D eigenvalue weighted by Crippen LogP contribution is 2.25. The zero-order valence-corrected chi connectivity index (χ0v) is 16.7. The van der Waals surface area contributed by atoms with Gasteiger partial charge in [-0.3, -0.25) is 4.79 Å². The van der Waals surface area contributed by atoms with Crippen LogP contribution in [0.1, 0.15) is 12.5 Å². The molecule has 1 amide bonds. The second-order valence-corrected chi connectivity index (χ2v) is 7.63. The van der Waals surface area contributed by atoms with Crippen molar-refractivity contribution in [2.24, 2.45) is 0 Å². The molecule has 0 spiro atoms. The van der Waals surface area contributed by atoms with Crippen molar-refractivity contribution >= 4 is 52.5 Å². The van der Waals surface area contributed by atoms with E-state index in [1.165, 1.54) is 0 Å². The van der Waals surface area contributed by atoms with E-state index in [-0.39, 0.29) is 5.91 Å². The third-order valence-electron chi connectivity index (χ3n) is 3.33. The van der Waals surface area contributed by atoms with E-state index in [9.17, 15) is 4.79 Å². The Labute approximate surface area is 167 Å². The highest BCUT2D eigenvalue weighted by atomic mass is 35.5. The van der Waals surface area contributed by atoms with E-state index >= 15 is 0 Å². The molecule has 0 saturated carbocycles. The molecule has 25 heavy (non-hydrogen) atoms. The molecule has 2 aromatic carbocycles. The fourth-order valence-electron chi connectivity index (χ4n) is 2.00. The first-order chi connectivity index (χ1) is 12.0. The largest absolute Gasteiger partial charge is 0.479 e. The summed E-state index contributed by atoms with van der Waals surface area (Å²) >= 11 is 19.7. The van der Waals surface area contributed by atoms with E-state index in [1.807, 2.05) is 24.3 Å². The van der Waals surface area contributed by atoms with Crippen molar-refractivity contribution in [2.45, 2.75) is 18.8 Å². The number of carbonyl (C=O) groups excluding carboxylic acids is 1. The lowest BCUT2D eigenvalue weighted by Gasteiger charge is -2.15. The normalized spacial score (nSPS) is 11.8. The Balaban J connectivity index is 1.69. The summed E-state index contributed by atoms with van der Waals surface area (Å²) in [5, 5.41) is 4.62. The van der Waals surface area contributed by atoms with Crippen LogP contribution >= 0.6 is 46.6 Å². The Morgan fingerprint density at radius 3 is 2.64 bits per heavy atom. The number of halogens is 3. The summed E-state index contributed by atoms with van der Waals surface area (Å²) in [6.07, 6.45) is -0.615. The maximum Gasteiger partial charge on any atom is 0.260 e. The molecule has 0 radical (unpaired) electrons. The number of ether oxygens (including phenoxy) is 1. The third kappa shape index (κ3) is 6.63. The molecular weight excluding hydrogens is 401 g/mol. The molecule has 2 rings (SSSR count). The van der Waals surface area contributed by atoms with E-state index in [4.69, 9.17) is 39.5 Å². The van der Waals surface area contributed by atoms with Crippen LogP contribution in [0.2, 0.25) is 15.1 Å². The summed E-state index contributed by atoms with van der Waals surface area (Å²) < 4.78 is 5.58. The van der Waals surface area contributed by atoms with Gasteiger partial charge in [-0.15, -0.1) is 0 Å². The van der Waals surface area contributed by atoms with Crippen LogP contribution in [-0.4, -0.2) is 24.3 Å². The number of nitrogens with one attached hydrogen (secondary N) is 1. The first-order valence-corrected chi connectivity index (χ1v) is 9.97. The number of amides is 1. The molecule has 0 fully saturated rings. The van der Waals surface area contributed by atoms with E-state index in [0.717, 1.165) is 17.1 Å². The Kier molecular flexibility index (Phi) is 8.24. The summed E-state index contributed by atoms with van der Waals surface area (Å²) in [7, 11) is 0. The highest BCUT2D eigenvalue weighted by Gasteiger charge is 2.15. The summed E-state index contributed by atoms with van der Waals surface area (Å²) in [4.78, 5) is 12.1. The molecule has 0 saturated heterocycles. The molecule has 0 aliphatic heterocycles. The zero-order chi connectivity index (χ0) is 18.2. The third-order valence-corrected chi connectivity index (χ3v) is 5.24. The number of carbonyl (C=O) groups is 1. The van der Waals surface area contributed by atoms with E-state index in [1.54, 1.807) is 36.9 Å². The molecule has 7 heteroatoms. The van der Waals surface area contributed by atoms with Gasteiger partial charge in [0.1, 0.15) is 5.75 Å². The molecule has 0 bridgehead atoms. The highest BCUT2D eigenvalue weighted by molar-refractivity contribution is 7.98. The summed E-state index contributed by atoms with van der Waals surface area (Å²) in [5.74, 6) is 1.85. The average Bonchev–Trinajstić information content (AvgIpc) is 2.58. The first kappa shape index (κ1) is 20.2. The van der Waals surface area contributed by atoms with Gasteiger partial charge >= 0.3 is 0 Å². The molecule has 0 aromatic heterocycles. The first-order valence-electron chi connectivity index (χ1n) is 7.68. The van der Waals surface area contributed by atoms with Crippen molar-refractivity contribution in [1.29, 1.82) is 0 Å². The molecule has 3 nitrogen and oxygen atoms in total. The summed E-state index contributed by atoms with van der Waals surface area (Å²) in [5.41, 5.74) is 1.03. The van der Waals surface area contributed by atoms with Crippen LogP contribution in [0.25, 0.3) is 0 Å². The maximum absolute atomic E-state index is 12.1. The molecule has 0 aliphatic carbocycles. The fraction of sp³-hybridized carbons (Fsp3) is 0.278. The van der Waals surface area contributed by atoms with Crippen molar-refractivity contribution < 1.29 is 9.53 Å². The second kappa shape index (κ2) is 10.2. The monoisotopic (exact) mass is 417 g/mol. The molecule has 1 atom stereocenters. The SMILES string of the molecule is C[C@H](Oc1ccccc1Cl)C(=O)NCCSCc1ccc(Cl)cc1Cl. The number of para-hydroxylation sites is 1. The van der Waals surface area contributed by atoms with E-state index in [0.29, 0.717) is 27.4 Å². The molecular formula is C18H18Cl3NO2S. The quantitative estimate of drug-likeness (QED) is 0.578. The minimum Gasteiger partial charge on any atom is -0.479 e. The molecule has 0 aliphatic rings. The Bertz CT molecular complexity index is 727. The van der Waals surface area contributed by atoms with Crippen LogP contribution in [0.15, 0.2) is 42.5 Å². The van der Waals surface area contributed by atoms with Gasteiger partial charge in [-0.05, 0) is 36.8 Å². The van der Waals surface area contributed by atoms with Crippen LogP contribution in [0.4, 0.5) is 0 Å². The van der Waals surface area contributed by atoms with Crippen LogP contribution < -0.4 is 10.1 Å². The van der Waals surface area contributed by atoms with Crippen molar-refractivity contribution in [3.8, 4) is 5.75 Å². The van der Waals surface area contributed by atoms with Crippen molar-refractivity contribution in [2.75, 3.05) is 12.3 Å². The van der Waals surface area contributed by atoms with Crippen LogP contribution in [0.5, 0.6) is 5.75 Å². The predicted octanol–water partition coefficient (Wildman–Crippen LogP) is 5.46. The van der Waals surface area contributed by atoms with Crippen molar-refractivity contribution in [1.82, 2.24) is 5.32 Å². The summed E-state index contributed by atoms with van der Waals surface area (Å²) in [6.45, 7) is 2.24. The van der Waals surface area contributed by atoms with Crippen LogP contribution in [0, 0.1) is 0 Å². The van der Waals surface area contributed by atoms with Gasteiger partial charge in [0.05, 0.1) is 5.02 Å². The molecule has 2 aromatic rings. The molecule has 1 N–H and O–H groups in total. The molecule has 0 heterocycles. The van der Waals surface area contributed by atoms with Gasteiger partial charge in [-0.1, -0.05) is 53.0 Å². The number of hydrogen-bond acceptors (Lipinski definition) is 3.